The molecule has 0 aliphatic heterocycles. The molecule has 2 aromatic rings. The Hall–Kier alpha value is -1.74. The highest BCUT2D eigenvalue weighted by Gasteiger charge is 2.23. The van der Waals surface area contributed by atoms with Gasteiger partial charge in [0.15, 0.2) is 5.96 Å². The summed E-state index contributed by atoms with van der Waals surface area (Å²) in [6, 6.07) is 12.6. The van der Waals surface area contributed by atoms with E-state index < -0.39 is 0 Å². The van der Waals surface area contributed by atoms with Crippen molar-refractivity contribution in [2.24, 2.45) is 4.99 Å². The second-order valence-corrected chi connectivity index (χ2v) is 8.39. The summed E-state index contributed by atoms with van der Waals surface area (Å²) in [5, 5.41) is 7.16. The van der Waals surface area contributed by atoms with Crippen LogP contribution in [0, 0.1) is 0 Å². The van der Waals surface area contributed by atoms with Crippen LogP contribution in [0.3, 0.4) is 0 Å². The molecule has 2 N–H and O–H groups in total. The van der Waals surface area contributed by atoms with E-state index in [-0.39, 0.29) is 24.0 Å². The molecule has 0 atom stereocenters. The minimum atomic E-state index is 0. The first kappa shape index (κ1) is 26.5. The summed E-state index contributed by atoms with van der Waals surface area (Å²) in [6.07, 6.45) is 8.54. The summed E-state index contributed by atoms with van der Waals surface area (Å²) >= 11 is 0. The monoisotopic (exact) mass is 555 g/mol. The number of aliphatic imine (C=N–C) groups is 1. The second-order valence-electron chi connectivity index (χ2n) is 8.39. The molecular weight excluding hydrogens is 517 g/mol. The highest BCUT2D eigenvalue weighted by atomic mass is 127. The van der Waals surface area contributed by atoms with Crippen molar-refractivity contribution in [3.8, 4) is 5.75 Å². The Morgan fingerprint density at radius 2 is 1.84 bits per heavy atom. The molecule has 1 aliphatic carbocycles. The number of halogens is 1. The standard InChI is InChI=1S/C25H37N3O3.HI/c1-19(2)31-24-12-8-21(9-13-24)28-25(27-17-15-23-5-4-18-30-23)26-16-14-20-6-10-22(29-3)11-7-20;/h4-7,10-11,18-19,21,24H,8-9,12-17H2,1-3H3,(H2,26,27,28);1H. The van der Waals surface area contributed by atoms with Gasteiger partial charge in [-0.25, -0.2) is 0 Å². The number of furan rings is 1. The van der Waals surface area contributed by atoms with Gasteiger partial charge in [-0.15, -0.1) is 24.0 Å². The zero-order valence-electron chi connectivity index (χ0n) is 19.5. The molecule has 0 saturated heterocycles. The van der Waals surface area contributed by atoms with E-state index in [1.165, 1.54) is 5.56 Å². The van der Waals surface area contributed by atoms with Crippen LogP contribution in [0.2, 0.25) is 0 Å². The highest BCUT2D eigenvalue weighted by molar-refractivity contribution is 14.0. The number of ether oxygens (including phenoxy) is 2. The number of benzene rings is 1. The van der Waals surface area contributed by atoms with E-state index in [0.29, 0.717) is 24.8 Å². The Morgan fingerprint density at radius 1 is 1.09 bits per heavy atom. The van der Waals surface area contributed by atoms with Crippen molar-refractivity contribution in [3.05, 3.63) is 54.0 Å². The van der Waals surface area contributed by atoms with Crippen LogP contribution in [-0.4, -0.2) is 44.4 Å². The average molecular weight is 556 g/mol. The maximum atomic E-state index is 5.99. The number of hydrogen-bond donors (Lipinski definition) is 2. The summed E-state index contributed by atoms with van der Waals surface area (Å²) in [4.78, 5) is 4.80. The molecule has 32 heavy (non-hydrogen) atoms. The first-order chi connectivity index (χ1) is 15.1. The van der Waals surface area contributed by atoms with Gasteiger partial charge < -0.3 is 24.5 Å². The molecule has 0 unspecified atom stereocenters. The van der Waals surface area contributed by atoms with Crippen molar-refractivity contribution in [1.82, 2.24) is 10.6 Å². The Kier molecular flexibility index (Phi) is 11.9. The summed E-state index contributed by atoms with van der Waals surface area (Å²) in [7, 11) is 1.69. The molecule has 6 nitrogen and oxygen atoms in total. The predicted molar refractivity (Wildman–Crippen MR) is 140 cm³/mol. The van der Waals surface area contributed by atoms with Crippen molar-refractivity contribution in [1.29, 1.82) is 0 Å². The van der Waals surface area contributed by atoms with Crippen LogP contribution < -0.4 is 15.4 Å². The van der Waals surface area contributed by atoms with Gasteiger partial charge in [-0.05, 0) is 75.8 Å². The Balaban J connectivity index is 0.00000363. The van der Waals surface area contributed by atoms with E-state index in [0.717, 1.165) is 62.5 Å². The van der Waals surface area contributed by atoms with E-state index in [1.54, 1.807) is 13.4 Å². The number of rotatable bonds is 10. The lowest BCUT2D eigenvalue weighted by molar-refractivity contribution is -0.0152. The molecule has 0 amide bonds. The number of guanidine groups is 1. The minimum absolute atomic E-state index is 0. The van der Waals surface area contributed by atoms with Crippen molar-refractivity contribution in [3.63, 3.8) is 0 Å². The summed E-state index contributed by atoms with van der Waals surface area (Å²) in [5.41, 5.74) is 1.27. The zero-order chi connectivity index (χ0) is 21.9. The van der Waals surface area contributed by atoms with E-state index in [1.807, 2.05) is 24.3 Å². The molecule has 1 aliphatic rings. The summed E-state index contributed by atoms with van der Waals surface area (Å²) in [6.45, 7) is 5.74. The van der Waals surface area contributed by atoms with E-state index in [2.05, 4.69) is 36.6 Å². The molecule has 0 spiro atoms. The molecule has 0 radical (unpaired) electrons. The van der Waals surface area contributed by atoms with Crippen LogP contribution in [0.25, 0.3) is 0 Å². The fourth-order valence-electron chi connectivity index (χ4n) is 3.92. The van der Waals surface area contributed by atoms with Gasteiger partial charge in [-0.1, -0.05) is 12.1 Å². The first-order valence-electron chi connectivity index (χ1n) is 11.5. The van der Waals surface area contributed by atoms with Gasteiger partial charge in [-0.3, -0.25) is 4.99 Å². The third-order valence-corrected chi connectivity index (χ3v) is 5.55. The van der Waals surface area contributed by atoms with Crippen LogP contribution in [0.5, 0.6) is 5.75 Å². The number of nitrogens with one attached hydrogen (secondary N) is 2. The predicted octanol–water partition coefficient (Wildman–Crippen LogP) is 4.96. The lowest BCUT2D eigenvalue weighted by atomic mass is 9.93. The van der Waals surface area contributed by atoms with Gasteiger partial charge in [0.05, 0.1) is 25.6 Å². The molecule has 1 heterocycles. The smallest absolute Gasteiger partial charge is 0.191 e. The highest BCUT2D eigenvalue weighted by Crippen LogP contribution is 2.22. The second kappa shape index (κ2) is 14.4. The third-order valence-electron chi connectivity index (χ3n) is 5.55. The van der Waals surface area contributed by atoms with Gasteiger partial charge in [0.25, 0.3) is 0 Å². The largest absolute Gasteiger partial charge is 0.497 e. The van der Waals surface area contributed by atoms with Crippen molar-refractivity contribution >= 4 is 29.9 Å². The lowest BCUT2D eigenvalue weighted by Gasteiger charge is -2.31. The van der Waals surface area contributed by atoms with E-state index >= 15 is 0 Å². The van der Waals surface area contributed by atoms with Crippen LogP contribution in [0.15, 0.2) is 52.1 Å². The Bertz CT molecular complexity index is 770. The fraction of sp³-hybridized carbons (Fsp3) is 0.560. The summed E-state index contributed by atoms with van der Waals surface area (Å²) in [5.74, 6) is 2.73. The molecule has 1 aromatic heterocycles. The lowest BCUT2D eigenvalue weighted by Crippen LogP contribution is -2.46. The van der Waals surface area contributed by atoms with Crippen molar-refractivity contribution < 1.29 is 13.9 Å². The first-order valence-corrected chi connectivity index (χ1v) is 11.5. The van der Waals surface area contributed by atoms with Crippen molar-refractivity contribution in [2.45, 2.75) is 70.6 Å². The Morgan fingerprint density at radius 3 is 2.47 bits per heavy atom. The molecular formula is C25H38IN3O3. The topological polar surface area (TPSA) is 68.0 Å². The third kappa shape index (κ3) is 9.40. The molecule has 178 valence electrons. The van der Waals surface area contributed by atoms with Crippen LogP contribution in [0.4, 0.5) is 0 Å². The van der Waals surface area contributed by atoms with E-state index in [4.69, 9.17) is 18.9 Å². The quantitative estimate of drug-likeness (QED) is 0.247. The SMILES string of the molecule is COc1ccc(CCNC(=NCCc2ccco2)NC2CCC(OC(C)C)CC2)cc1.I. The molecule has 0 bridgehead atoms. The van der Waals surface area contributed by atoms with E-state index in [9.17, 15) is 0 Å². The average Bonchev–Trinajstić information content (AvgIpc) is 3.28. The van der Waals surface area contributed by atoms with Gasteiger partial charge in [0, 0.05) is 25.6 Å². The van der Waals surface area contributed by atoms with Crippen LogP contribution in [-0.2, 0) is 17.6 Å². The van der Waals surface area contributed by atoms with Crippen LogP contribution >= 0.6 is 24.0 Å². The van der Waals surface area contributed by atoms with Gasteiger partial charge >= 0.3 is 0 Å². The van der Waals surface area contributed by atoms with Gasteiger partial charge in [0.1, 0.15) is 11.5 Å². The van der Waals surface area contributed by atoms with Crippen LogP contribution in [0.1, 0.15) is 50.9 Å². The molecule has 3 rings (SSSR count). The maximum Gasteiger partial charge on any atom is 0.191 e. The maximum absolute atomic E-state index is 5.99. The Labute approximate surface area is 209 Å². The number of hydrogen-bond acceptors (Lipinski definition) is 4. The molecule has 1 fully saturated rings. The normalized spacial score (nSPS) is 18.8. The fourth-order valence-corrected chi connectivity index (χ4v) is 3.92. The number of nitrogens with zero attached hydrogens (tertiary/aromatic N) is 1. The summed E-state index contributed by atoms with van der Waals surface area (Å²) < 4.78 is 16.7. The van der Waals surface area contributed by atoms with Gasteiger partial charge in [-0.2, -0.15) is 0 Å². The molecule has 1 saturated carbocycles. The van der Waals surface area contributed by atoms with Gasteiger partial charge in [0.2, 0.25) is 0 Å². The zero-order valence-corrected chi connectivity index (χ0v) is 21.8. The number of methoxy groups -OCH3 is 1. The molecule has 1 aromatic carbocycles. The van der Waals surface area contributed by atoms with Crippen molar-refractivity contribution in [2.75, 3.05) is 20.2 Å². The molecule has 7 heteroatoms. The minimum Gasteiger partial charge on any atom is -0.497 e.